The standard InChI is InChI=1S/C20H17ClN4O3/c21-17-9-2-1-8-16(17)18-13-19(20(26)23-10-3-4-11-23)24(22-18)14-6-5-7-15(12-14)25(27)28/h1-2,5-9,12-13H,3-4,10-11H2. The first-order valence-corrected chi connectivity index (χ1v) is 9.31. The Morgan fingerprint density at radius 3 is 2.54 bits per heavy atom. The van der Waals surface area contributed by atoms with Crippen molar-refractivity contribution >= 4 is 23.2 Å². The average molecular weight is 397 g/mol. The molecule has 0 aliphatic carbocycles. The van der Waals surface area contributed by atoms with E-state index in [2.05, 4.69) is 5.10 Å². The van der Waals surface area contributed by atoms with Crippen LogP contribution in [0.2, 0.25) is 5.02 Å². The van der Waals surface area contributed by atoms with Crippen LogP contribution in [0.4, 0.5) is 5.69 Å². The number of nitro benzene ring substituents is 1. The first-order chi connectivity index (χ1) is 13.5. The largest absolute Gasteiger partial charge is 0.337 e. The van der Waals surface area contributed by atoms with Crippen LogP contribution < -0.4 is 0 Å². The summed E-state index contributed by atoms with van der Waals surface area (Å²) in [6, 6.07) is 15.0. The second-order valence-electron chi connectivity index (χ2n) is 6.58. The summed E-state index contributed by atoms with van der Waals surface area (Å²) in [5.74, 6) is -0.144. The van der Waals surface area contributed by atoms with E-state index in [0.717, 1.165) is 12.8 Å². The van der Waals surface area contributed by atoms with E-state index in [-0.39, 0.29) is 11.6 Å². The van der Waals surface area contributed by atoms with Gasteiger partial charge in [-0.25, -0.2) is 4.68 Å². The number of carbonyl (C=O) groups excluding carboxylic acids is 1. The van der Waals surface area contributed by atoms with Gasteiger partial charge in [-0.1, -0.05) is 35.9 Å². The number of nitrogens with zero attached hydrogens (tertiary/aromatic N) is 4. The Bertz CT molecular complexity index is 1060. The van der Waals surface area contributed by atoms with Crippen molar-refractivity contribution in [3.63, 3.8) is 0 Å². The number of carbonyl (C=O) groups is 1. The van der Waals surface area contributed by atoms with Crippen molar-refractivity contribution in [2.75, 3.05) is 13.1 Å². The summed E-state index contributed by atoms with van der Waals surface area (Å²) in [5.41, 5.74) is 1.99. The van der Waals surface area contributed by atoms with Gasteiger partial charge >= 0.3 is 0 Å². The zero-order valence-corrected chi connectivity index (χ0v) is 15.7. The first kappa shape index (κ1) is 18.2. The molecule has 0 N–H and O–H groups in total. The molecule has 1 fully saturated rings. The smallest absolute Gasteiger partial charge is 0.272 e. The summed E-state index contributed by atoms with van der Waals surface area (Å²) < 4.78 is 1.46. The maximum atomic E-state index is 13.1. The molecule has 1 saturated heterocycles. The zero-order chi connectivity index (χ0) is 19.7. The summed E-state index contributed by atoms with van der Waals surface area (Å²) >= 11 is 6.31. The summed E-state index contributed by atoms with van der Waals surface area (Å²) in [7, 11) is 0. The predicted octanol–water partition coefficient (Wildman–Crippen LogP) is 4.34. The minimum atomic E-state index is -0.468. The van der Waals surface area contributed by atoms with Gasteiger partial charge in [0.25, 0.3) is 11.6 Å². The first-order valence-electron chi connectivity index (χ1n) is 8.93. The van der Waals surface area contributed by atoms with E-state index in [9.17, 15) is 14.9 Å². The fraction of sp³-hybridized carbons (Fsp3) is 0.200. The Labute approximate surface area is 166 Å². The number of aromatic nitrogens is 2. The van der Waals surface area contributed by atoms with Crippen molar-refractivity contribution in [2.24, 2.45) is 0 Å². The van der Waals surface area contributed by atoms with Crippen LogP contribution >= 0.6 is 11.6 Å². The lowest BCUT2D eigenvalue weighted by Crippen LogP contribution is -2.29. The maximum absolute atomic E-state index is 13.1. The van der Waals surface area contributed by atoms with E-state index >= 15 is 0 Å². The fourth-order valence-corrected chi connectivity index (χ4v) is 3.58. The van der Waals surface area contributed by atoms with Crippen LogP contribution in [0.1, 0.15) is 23.3 Å². The topological polar surface area (TPSA) is 81.3 Å². The Hall–Kier alpha value is -3.19. The van der Waals surface area contributed by atoms with Crippen LogP contribution in [0.5, 0.6) is 0 Å². The highest BCUT2D eigenvalue weighted by atomic mass is 35.5. The van der Waals surface area contributed by atoms with Crippen molar-refractivity contribution in [1.29, 1.82) is 0 Å². The van der Waals surface area contributed by atoms with Crippen LogP contribution in [0, 0.1) is 10.1 Å². The number of amides is 1. The second-order valence-corrected chi connectivity index (χ2v) is 6.99. The molecule has 0 unspecified atom stereocenters. The maximum Gasteiger partial charge on any atom is 0.272 e. The van der Waals surface area contributed by atoms with Gasteiger partial charge in [0.2, 0.25) is 0 Å². The second kappa shape index (κ2) is 7.44. The monoisotopic (exact) mass is 396 g/mol. The van der Waals surface area contributed by atoms with E-state index < -0.39 is 4.92 Å². The Morgan fingerprint density at radius 1 is 1.07 bits per heavy atom. The van der Waals surface area contributed by atoms with Gasteiger partial charge in [0, 0.05) is 30.8 Å². The van der Waals surface area contributed by atoms with Gasteiger partial charge in [0.1, 0.15) is 5.69 Å². The molecule has 0 spiro atoms. The average Bonchev–Trinajstić information content (AvgIpc) is 3.38. The Balaban J connectivity index is 1.86. The number of hydrogen-bond acceptors (Lipinski definition) is 4. The minimum Gasteiger partial charge on any atom is -0.337 e. The third-order valence-electron chi connectivity index (χ3n) is 4.76. The number of hydrogen-bond donors (Lipinski definition) is 0. The normalized spacial score (nSPS) is 13.7. The summed E-state index contributed by atoms with van der Waals surface area (Å²) in [5, 5.41) is 16.3. The van der Waals surface area contributed by atoms with E-state index in [0.29, 0.717) is 40.8 Å². The van der Waals surface area contributed by atoms with Crippen molar-refractivity contribution in [1.82, 2.24) is 14.7 Å². The molecule has 2 aromatic carbocycles. The number of rotatable bonds is 4. The highest BCUT2D eigenvalue weighted by Gasteiger charge is 2.25. The molecule has 142 valence electrons. The Kier molecular flexibility index (Phi) is 4.83. The van der Waals surface area contributed by atoms with Crippen LogP contribution in [0.25, 0.3) is 16.9 Å². The van der Waals surface area contributed by atoms with E-state index in [4.69, 9.17) is 11.6 Å². The molecule has 1 amide bonds. The van der Waals surface area contributed by atoms with E-state index in [1.165, 1.54) is 16.8 Å². The van der Waals surface area contributed by atoms with Crippen LogP contribution in [0.15, 0.2) is 54.6 Å². The van der Waals surface area contributed by atoms with Gasteiger partial charge < -0.3 is 4.90 Å². The van der Waals surface area contributed by atoms with E-state index in [1.54, 1.807) is 29.2 Å². The number of non-ortho nitro benzene ring substituents is 1. The van der Waals surface area contributed by atoms with Crippen LogP contribution in [0.3, 0.4) is 0 Å². The van der Waals surface area contributed by atoms with Crippen LogP contribution in [-0.4, -0.2) is 38.6 Å². The molecule has 0 saturated carbocycles. The quantitative estimate of drug-likeness (QED) is 0.485. The number of nitro groups is 1. The molecule has 4 rings (SSSR count). The fourth-order valence-electron chi connectivity index (χ4n) is 3.35. The lowest BCUT2D eigenvalue weighted by atomic mass is 10.1. The van der Waals surface area contributed by atoms with Gasteiger partial charge in [0.05, 0.1) is 21.3 Å². The van der Waals surface area contributed by atoms with E-state index in [1.807, 2.05) is 18.2 Å². The third-order valence-corrected chi connectivity index (χ3v) is 5.09. The number of benzene rings is 2. The molecule has 1 aromatic heterocycles. The molecule has 3 aromatic rings. The summed E-state index contributed by atoms with van der Waals surface area (Å²) in [4.78, 5) is 25.6. The lowest BCUT2D eigenvalue weighted by molar-refractivity contribution is -0.384. The zero-order valence-electron chi connectivity index (χ0n) is 14.9. The van der Waals surface area contributed by atoms with Gasteiger partial charge in [-0.05, 0) is 31.0 Å². The molecule has 1 aliphatic heterocycles. The predicted molar refractivity (Wildman–Crippen MR) is 106 cm³/mol. The molecule has 0 atom stereocenters. The van der Waals surface area contributed by atoms with Crippen molar-refractivity contribution in [3.8, 4) is 16.9 Å². The van der Waals surface area contributed by atoms with Crippen molar-refractivity contribution in [2.45, 2.75) is 12.8 Å². The molecule has 0 radical (unpaired) electrons. The Morgan fingerprint density at radius 2 is 1.82 bits per heavy atom. The van der Waals surface area contributed by atoms with Crippen LogP contribution in [-0.2, 0) is 0 Å². The van der Waals surface area contributed by atoms with Gasteiger partial charge in [-0.3, -0.25) is 14.9 Å². The molecule has 28 heavy (non-hydrogen) atoms. The van der Waals surface area contributed by atoms with Gasteiger partial charge in [-0.2, -0.15) is 5.10 Å². The SMILES string of the molecule is O=C(c1cc(-c2ccccc2Cl)nn1-c1cccc([N+](=O)[O-])c1)N1CCCC1. The summed E-state index contributed by atoms with van der Waals surface area (Å²) in [6.07, 6.45) is 1.93. The molecule has 7 nitrogen and oxygen atoms in total. The minimum absolute atomic E-state index is 0.0631. The highest BCUT2D eigenvalue weighted by molar-refractivity contribution is 6.33. The molecule has 8 heteroatoms. The molecular weight excluding hydrogens is 380 g/mol. The van der Waals surface area contributed by atoms with Crippen molar-refractivity contribution in [3.05, 3.63) is 75.4 Å². The summed E-state index contributed by atoms with van der Waals surface area (Å²) in [6.45, 7) is 1.39. The molecule has 0 bridgehead atoms. The highest BCUT2D eigenvalue weighted by Crippen LogP contribution is 2.29. The third kappa shape index (κ3) is 3.36. The molecular formula is C20H17ClN4O3. The number of likely N-dealkylation sites (tertiary alicyclic amines) is 1. The van der Waals surface area contributed by atoms with Gasteiger partial charge in [0.15, 0.2) is 0 Å². The molecule has 1 aliphatic rings. The number of halogens is 1. The van der Waals surface area contributed by atoms with Gasteiger partial charge in [-0.15, -0.1) is 0 Å². The lowest BCUT2D eigenvalue weighted by Gasteiger charge is -2.15. The molecule has 2 heterocycles. The van der Waals surface area contributed by atoms with Crippen molar-refractivity contribution < 1.29 is 9.72 Å².